The van der Waals surface area contributed by atoms with Crippen LogP contribution in [0.3, 0.4) is 0 Å². The Morgan fingerprint density at radius 2 is 1.83 bits per heavy atom. The molecule has 2 atom stereocenters. The average Bonchev–Trinajstić information content (AvgIpc) is 2.83. The summed E-state index contributed by atoms with van der Waals surface area (Å²) in [5, 5.41) is 2.63. The van der Waals surface area contributed by atoms with Crippen LogP contribution in [0, 0.1) is 5.82 Å². The SMILES string of the molecule is CCC(C)NC(=O)C(CC)N(Cc1cccc(OC)c1)C(=O)CN(c1ccc(F)c(Cl)c1)S(C)(=O)=O. The number of ether oxygens (including phenoxy) is 1. The monoisotopic (exact) mass is 541 g/mol. The summed E-state index contributed by atoms with van der Waals surface area (Å²) < 4.78 is 45.0. The van der Waals surface area contributed by atoms with Gasteiger partial charge in [0.05, 0.1) is 24.1 Å². The van der Waals surface area contributed by atoms with Crippen LogP contribution in [-0.4, -0.2) is 57.1 Å². The van der Waals surface area contributed by atoms with Crippen molar-refractivity contribution in [3.05, 3.63) is 58.9 Å². The average molecular weight is 542 g/mol. The van der Waals surface area contributed by atoms with E-state index < -0.39 is 34.3 Å². The van der Waals surface area contributed by atoms with Crippen molar-refractivity contribution in [3.63, 3.8) is 0 Å². The number of hydrogen-bond donors (Lipinski definition) is 1. The summed E-state index contributed by atoms with van der Waals surface area (Å²) in [5.41, 5.74) is 0.740. The second kappa shape index (κ2) is 12.9. The van der Waals surface area contributed by atoms with Gasteiger partial charge in [0.15, 0.2) is 0 Å². The first-order valence-corrected chi connectivity index (χ1v) is 13.8. The van der Waals surface area contributed by atoms with Gasteiger partial charge in [-0.05, 0) is 55.7 Å². The second-order valence-corrected chi connectivity index (χ2v) is 10.8. The number of benzene rings is 2. The third-order valence-electron chi connectivity index (χ3n) is 5.74. The molecular weight excluding hydrogens is 509 g/mol. The molecule has 1 N–H and O–H groups in total. The van der Waals surface area contributed by atoms with Gasteiger partial charge in [-0.1, -0.05) is 37.6 Å². The van der Waals surface area contributed by atoms with Gasteiger partial charge in [0.1, 0.15) is 24.2 Å². The van der Waals surface area contributed by atoms with Crippen molar-refractivity contribution in [2.24, 2.45) is 0 Å². The molecule has 11 heteroatoms. The van der Waals surface area contributed by atoms with E-state index in [1.54, 1.807) is 31.2 Å². The Morgan fingerprint density at radius 1 is 1.14 bits per heavy atom. The lowest BCUT2D eigenvalue weighted by molar-refractivity contribution is -0.140. The van der Waals surface area contributed by atoms with Crippen LogP contribution < -0.4 is 14.4 Å². The Labute approximate surface area is 217 Å². The first-order valence-electron chi connectivity index (χ1n) is 11.6. The molecule has 0 radical (unpaired) electrons. The molecule has 2 aromatic carbocycles. The van der Waals surface area contributed by atoms with Gasteiger partial charge in [0.2, 0.25) is 21.8 Å². The third kappa shape index (κ3) is 7.83. The van der Waals surface area contributed by atoms with E-state index in [2.05, 4.69) is 5.32 Å². The summed E-state index contributed by atoms with van der Waals surface area (Å²) in [7, 11) is -2.43. The minimum absolute atomic E-state index is 0.0377. The second-order valence-electron chi connectivity index (χ2n) is 8.48. The quantitative estimate of drug-likeness (QED) is 0.438. The number of hydrogen-bond acceptors (Lipinski definition) is 5. The van der Waals surface area contributed by atoms with Crippen molar-refractivity contribution in [2.45, 2.75) is 52.2 Å². The van der Waals surface area contributed by atoms with Crippen LogP contribution in [0.25, 0.3) is 0 Å². The van der Waals surface area contributed by atoms with Crippen molar-refractivity contribution < 1.29 is 27.1 Å². The maximum Gasteiger partial charge on any atom is 0.244 e. The van der Waals surface area contributed by atoms with Crippen LogP contribution in [0.1, 0.15) is 39.2 Å². The molecule has 0 fully saturated rings. The van der Waals surface area contributed by atoms with E-state index >= 15 is 0 Å². The number of nitrogens with zero attached hydrogens (tertiary/aromatic N) is 2. The van der Waals surface area contributed by atoms with Crippen LogP contribution >= 0.6 is 11.6 Å². The van der Waals surface area contributed by atoms with Gasteiger partial charge < -0.3 is 15.0 Å². The van der Waals surface area contributed by atoms with Gasteiger partial charge in [-0.25, -0.2) is 12.8 Å². The predicted molar refractivity (Wildman–Crippen MR) is 139 cm³/mol. The standard InChI is InChI=1S/C25H33ClFN3O5S/c1-6-17(3)28-25(32)23(7-2)29(15-18-9-8-10-20(13-18)35-4)24(31)16-30(36(5,33)34)19-11-12-22(27)21(26)14-19/h8-14,17,23H,6-7,15-16H2,1-5H3,(H,28,32). The highest BCUT2D eigenvalue weighted by molar-refractivity contribution is 7.92. The Kier molecular flexibility index (Phi) is 10.5. The first kappa shape index (κ1) is 29.4. The summed E-state index contributed by atoms with van der Waals surface area (Å²) in [4.78, 5) is 28.1. The van der Waals surface area contributed by atoms with E-state index in [-0.39, 0.29) is 29.2 Å². The molecule has 8 nitrogen and oxygen atoms in total. The number of sulfonamides is 1. The highest BCUT2D eigenvalue weighted by Crippen LogP contribution is 2.25. The molecule has 2 rings (SSSR count). The lowest BCUT2D eigenvalue weighted by Gasteiger charge is -2.33. The van der Waals surface area contributed by atoms with Crippen LogP contribution in [0.4, 0.5) is 10.1 Å². The molecule has 2 aromatic rings. The van der Waals surface area contributed by atoms with E-state index in [0.717, 1.165) is 22.7 Å². The molecule has 0 aliphatic rings. The third-order valence-corrected chi connectivity index (χ3v) is 7.17. The molecule has 2 amide bonds. The number of amides is 2. The fourth-order valence-corrected chi connectivity index (χ4v) is 4.60. The first-order chi connectivity index (χ1) is 16.9. The lowest BCUT2D eigenvalue weighted by Crippen LogP contribution is -2.53. The fraction of sp³-hybridized carbons (Fsp3) is 0.440. The zero-order chi connectivity index (χ0) is 27.0. The number of nitrogens with one attached hydrogen (secondary N) is 1. The van der Waals surface area contributed by atoms with Gasteiger partial charge in [-0.3, -0.25) is 13.9 Å². The van der Waals surface area contributed by atoms with E-state index in [9.17, 15) is 22.4 Å². The molecule has 0 aliphatic heterocycles. The normalized spacial score (nSPS) is 13.0. The molecule has 0 saturated heterocycles. The number of carbonyl (C=O) groups excluding carboxylic acids is 2. The van der Waals surface area contributed by atoms with Crippen LogP contribution in [0.5, 0.6) is 5.75 Å². The summed E-state index contributed by atoms with van der Waals surface area (Å²) in [6.07, 6.45) is 1.95. The number of rotatable bonds is 12. The minimum atomic E-state index is -3.95. The highest BCUT2D eigenvalue weighted by Gasteiger charge is 2.32. The largest absolute Gasteiger partial charge is 0.497 e. The van der Waals surface area contributed by atoms with Crippen molar-refractivity contribution in [1.82, 2.24) is 10.2 Å². The summed E-state index contributed by atoms with van der Waals surface area (Å²) in [6, 6.07) is 9.50. The van der Waals surface area contributed by atoms with E-state index in [1.807, 2.05) is 13.8 Å². The lowest BCUT2D eigenvalue weighted by atomic mass is 10.1. The Bertz CT molecular complexity index is 1180. The van der Waals surface area contributed by atoms with Crippen LogP contribution in [-0.2, 0) is 26.2 Å². The maximum absolute atomic E-state index is 13.7. The summed E-state index contributed by atoms with van der Waals surface area (Å²) in [6.45, 7) is 5.02. The van der Waals surface area contributed by atoms with E-state index in [1.165, 1.54) is 18.1 Å². The van der Waals surface area contributed by atoms with Gasteiger partial charge in [-0.15, -0.1) is 0 Å². The molecule has 2 unspecified atom stereocenters. The molecule has 36 heavy (non-hydrogen) atoms. The van der Waals surface area contributed by atoms with Gasteiger partial charge in [0.25, 0.3) is 0 Å². The van der Waals surface area contributed by atoms with Crippen molar-refractivity contribution in [1.29, 1.82) is 0 Å². The minimum Gasteiger partial charge on any atom is -0.497 e. The molecule has 0 spiro atoms. The van der Waals surface area contributed by atoms with Crippen molar-refractivity contribution >= 4 is 39.1 Å². The molecule has 0 aromatic heterocycles. The molecule has 0 aliphatic carbocycles. The molecule has 0 heterocycles. The van der Waals surface area contributed by atoms with Gasteiger partial charge in [0, 0.05) is 12.6 Å². The van der Waals surface area contributed by atoms with Gasteiger partial charge in [-0.2, -0.15) is 0 Å². The zero-order valence-corrected chi connectivity index (χ0v) is 22.7. The van der Waals surface area contributed by atoms with E-state index in [0.29, 0.717) is 24.2 Å². The van der Waals surface area contributed by atoms with Crippen LogP contribution in [0.2, 0.25) is 5.02 Å². The number of anilines is 1. The predicted octanol–water partition coefficient (Wildman–Crippen LogP) is 3.98. The number of halogens is 2. The van der Waals surface area contributed by atoms with E-state index in [4.69, 9.17) is 16.3 Å². The zero-order valence-electron chi connectivity index (χ0n) is 21.1. The van der Waals surface area contributed by atoms with Crippen molar-refractivity contribution in [2.75, 3.05) is 24.2 Å². The van der Waals surface area contributed by atoms with Gasteiger partial charge >= 0.3 is 0 Å². The Balaban J connectivity index is 2.47. The highest BCUT2D eigenvalue weighted by atomic mass is 35.5. The van der Waals surface area contributed by atoms with Crippen LogP contribution in [0.15, 0.2) is 42.5 Å². The molecule has 0 saturated carbocycles. The summed E-state index contributed by atoms with van der Waals surface area (Å²) >= 11 is 5.86. The molecule has 0 bridgehead atoms. The molecular formula is C25H33ClFN3O5S. The smallest absolute Gasteiger partial charge is 0.244 e. The number of carbonyl (C=O) groups is 2. The Morgan fingerprint density at radius 3 is 2.39 bits per heavy atom. The fourth-order valence-electron chi connectivity index (χ4n) is 3.58. The summed E-state index contributed by atoms with van der Waals surface area (Å²) in [5.74, 6) is -1.07. The number of methoxy groups -OCH3 is 1. The Hall–Kier alpha value is -2.85. The topological polar surface area (TPSA) is 96.0 Å². The maximum atomic E-state index is 13.7. The van der Waals surface area contributed by atoms with Crippen molar-refractivity contribution in [3.8, 4) is 5.75 Å². The molecule has 198 valence electrons.